The molecule has 0 bridgehead atoms. The Kier molecular flexibility index (Phi) is 5.06. The SMILES string of the molecule is N#Cc1ccc(-c2ccc(Cl)c(Cl)c2)nc1Sc1ccc(F)cc1. The topological polar surface area (TPSA) is 36.7 Å². The van der Waals surface area contributed by atoms with Gasteiger partial charge >= 0.3 is 0 Å². The third-order valence-electron chi connectivity index (χ3n) is 3.22. The quantitative estimate of drug-likeness (QED) is 0.546. The summed E-state index contributed by atoms with van der Waals surface area (Å²) in [5, 5.41) is 10.7. The Bertz CT molecular complexity index is 937. The zero-order valence-electron chi connectivity index (χ0n) is 12.1. The molecule has 3 aromatic rings. The van der Waals surface area contributed by atoms with Crippen LogP contribution in [0.3, 0.4) is 0 Å². The van der Waals surface area contributed by atoms with E-state index in [9.17, 15) is 9.65 Å². The van der Waals surface area contributed by atoms with E-state index in [1.54, 1.807) is 36.4 Å². The molecule has 118 valence electrons. The van der Waals surface area contributed by atoms with E-state index < -0.39 is 0 Å². The summed E-state index contributed by atoms with van der Waals surface area (Å²) in [4.78, 5) is 5.35. The number of halogens is 3. The van der Waals surface area contributed by atoms with Crippen molar-refractivity contribution in [2.75, 3.05) is 0 Å². The number of aromatic nitrogens is 1. The van der Waals surface area contributed by atoms with Gasteiger partial charge in [-0.3, -0.25) is 0 Å². The number of nitrogens with zero attached hydrogens (tertiary/aromatic N) is 2. The summed E-state index contributed by atoms with van der Waals surface area (Å²) in [6.07, 6.45) is 0. The van der Waals surface area contributed by atoms with Crippen molar-refractivity contribution in [3.8, 4) is 17.3 Å². The second-order valence-corrected chi connectivity index (χ2v) is 6.72. The Morgan fingerprint density at radius 2 is 1.71 bits per heavy atom. The lowest BCUT2D eigenvalue weighted by molar-refractivity contribution is 0.626. The number of hydrogen-bond acceptors (Lipinski definition) is 3. The van der Waals surface area contributed by atoms with Crippen molar-refractivity contribution in [2.24, 2.45) is 0 Å². The maximum absolute atomic E-state index is 13.0. The van der Waals surface area contributed by atoms with Gasteiger partial charge in [-0.2, -0.15) is 5.26 Å². The molecule has 1 heterocycles. The average molecular weight is 375 g/mol. The first-order valence-electron chi connectivity index (χ1n) is 6.87. The molecule has 0 radical (unpaired) electrons. The van der Waals surface area contributed by atoms with Crippen molar-refractivity contribution in [1.82, 2.24) is 4.98 Å². The molecule has 24 heavy (non-hydrogen) atoms. The van der Waals surface area contributed by atoms with E-state index in [4.69, 9.17) is 23.2 Å². The summed E-state index contributed by atoms with van der Waals surface area (Å²) in [6, 6.07) is 16.9. The molecule has 2 nitrogen and oxygen atoms in total. The minimum absolute atomic E-state index is 0.308. The fourth-order valence-corrected chi connectivity index (χ4v) is 3.19. The first-order chi connectivity index (χ1) is 11.6. The van der Waals surface area contributed by atoms with Crippen LogP contribution in [0.2, 0.25) is 10.0 Å². The van der Waals surface area contributed by atoms with E-state index in [-0.39, 0.29) is 5.82 Å². The Balaban J connectivity index is 2.00. The molecule has 0 aliphatic rings. The van der Waals surface area contributed by atoms with Crippen LogP contribution in [0.1, 0.15) is 5.56 Å². The van der Waals surface area contributed by atoms with Crippen LogP contribution in [0.5, 0.6) is 0 Å². The van der Waals surface area contributed by atoms with E-state index >= 15 is 0 Å². The van der Waals surface area contributed by atoms with Gasteiger partial charge in [0.05, 0.1) is 21.3 Å². The van der Waals surface area contributed by atoms with Gasteiger partial charge in [0.15, 0.2) is 0 Å². The molecule has 0 N–H and O–H groups in total. The fraction of sp³-hybridized carbons (Fsp3) is 0. The number of benzene rings is 2. The number of nitriles is 1. The lowest BCUT2D eigenvalue weighted by Gasteiger charge is -2.08. The number of hydrogen-bond donors (Lipinski definition) is 0. The van der Waals surface area contributed by atoms with Crippen molar-refractivity contribution < 1.29 is 4.39 Å². The molecule has 2 aromatic carbocycles. The first kappa shape index (κ1) is 16.8. The van der Waals surface area contributed by atoms with Gasteiger partial charge in [0, 0.05) is 10.5 Å². The van der Waals surface area contributed by atoms with Crippen molar-refractivity contribution >= 4 is 35.0 Å². The molecule has 0 spiro atoms. The van der Waals surface area contributed by atoms with Gasteiger partial charge < -0.3 is 0 Å². The van der Waals surface area contributed by atoms with Crippen LogP contribution >= 0.6 is 35.0 Å². The zero-order chi connectivity index (χ0) is 17.1. The molecular weight excluding hydrogens is 366 g/mol. The monoisotopic (exact) mass is 374 g/mol. The Morgan fingerprint density at radius 1 is 0.958 bits per heavy atom. The van der Waals surface area contributed by atoms with Crippen LogP contribution in [0, 0.1) is 17.1 Å². The molecule has 0 aliphatic carbocycles. The number of rotatable bonds is 3. The van der Waals surface area contributed by atoms with Crippen LogP contribution < -0.4 is 0 Å². The van der Waals surface area contributed by atoms with Crippen LogP contribution in [0.15, 0.2) is 64.5 Å². The molecule has 3 rings (SSSR count). The van der Waals surface area contributed by atoms with Crippen molar-refractivity contribution in [3.63, 3.8) is 0 Å². The highest BCUT2D eigenvalue weighted by Crippen LogP contribution is 2.32. The standard InChI is InChI=1S/C18H9Cl2FN2S/c19-15-7-1-11(9-16(15)20)17-8-2-12(10-22)18(23-17)24-14-5-3-13(21)4-6-14/h1-9H. The second kappa shape index (κ2) is 7.23. The fourth-order valence-electron chi connectivity index (χ4n) is 2.03. The lowest BCUT2D eigenvalue weighted by atomic mass is 10.1. The molecule has 0 aliphatic heterocycles. The van der Waals surface area contributed by atoms with Crippen molar-refractivity contribution in [1.29, 1.82) is 5.26 Å². The summed E-state index contributed by atoms with van der Waals surface area (Å²) in [6.45, 7) is 0. The molecule has 0 fully saturated rings. The Hall–Kier alpha value is -2.06. The third-order valence-corrected chi connectivity index (χ3v) is 4.98. The van der Waals surface area contributed by atoms with Crippen molar-refractivity contribution in [2.45, 2.75) is 9.92 Å². The minimum atomic E-state index is -0.308. The van der Waals surface area contributed by atoms with Gasteiger partial charge in [-0.05, 0) is 48.5 Å². The molecule has 0 amide bonds. The zero-order valence-corrected chi connectivity index (χ0v) is 14.5. The van der Waals surface area contributed by atoms with E-state index in [1.807, 2.05) is 6.07 Å². The molecule has 0 atom stereocenters. The molecular formula is C18H9Cl2FN2S. The highest BCUT2D eigenvalue weighted by molar-refractivity contribution is 7.99. The summed E-state index contributed by atoms with van der Waals surface area (Å²) >= 11 is 13.3. The summed E-state index contributed by atoms with van der Waals surface area (Å²) in [7, 11) is 0. The predicted molar refractivity (Wildman–Crippen MR) is 94.9 cm³/mol. The van der Waals surface area contributed by atoms with Crippen molar-refractivity contribution in [3.05, 3.63) is 76.0 Å². The maximum atomic E-state index is 13.0. The minimum Gasteiger partial charge on any atom is -0.240 e. The van der Waals surface area contributed by atoms with Gasteiger partial charge in [0.2, 0.25) is 0 Å². The molecule has 6 heteroatoms. The third kappa shape index (κ3) is 3.70. The van der Waals surface area contributed by atoms with Gasteiger partial charge in [-0.25, -0.2) is 9.37 Å². The summed E-state index contributed by atoms with van der Waals surface area (Å²) in [5.74, 6) is -0.308. The largest absolute Gasteiger partial charge is 0.240 e. The molecule has 1 aromatic heterocycles. The maximum Gasteiger partial charge on any atom is 0.123 e. The lowest BCUT2D eigenvalue weighted by Crippen LogP contribution is -1.91. The first-order valence-corrected chi connectivity index (χ1v) is 8.44. The van der Waals surface area contributed by atoms with Gasteiger partial charge in [-0.15, -0.1) is 0 Å². The Labute approximate surface area is 152 Å². The van der Waals surface area contributed by atoms with Crippen LogP contribution in [-0.2, 0) is 0 Å². The molecule has 0 saturated heterocycles. The Morgan fingerprint density at radius 3 is 2.38 bits per heavy atom. The van der Waals surface area contributed by atoms with Crippen LogP contribution in [0.4, 0.5) is 4.39 Å². The molecule has 0 saturated carbocycles. The predicted octanol–water partition coefficient (Wildman–Crippen LogP) is 6.22. The number of pyridine rings is 1. The van der Waals surface area contributed by atoms with Gasteiger partial charge in [-0.1, -0.05) is 41.0 Å². The molecule has 0 unspecified atom stereocenters. The van der Waals surface area contributed by atoms with E-state index in [1.165, 1.54) is 23.9 Å². The van der Waals surface area contributed by atoms with Gasteiger partial charge in [0.25, 0.3) is 0 Å². The smallest absolute Gasteiger partial charge is 0.123 e. The van der Waals surface area contributed by atoms with Crippen LogP contribution in [0.25, 0.3) is 11.3 Å². The van der Waals surface area contributed by atoms with E-state index in [2.05, 4.69) is 11.1 Å². The normalized spacial score (nSPS) is 10.4. The highest BCUT2D eigenvalue weighted by atomic mass is 35.5. The van der Waals surface area contributed by atoms with E-state index in [0.29, 0.717) is 26.3 Å². The van der Waals surface area contributed by atoms with Crippen LogP contribution in [-0.4, -0.2) is 4.98 Å². The second-order valence-electron chi connectivity index (χ2n) is 4.85. The van der Waals surface area contributed by atoms with E-state index in [0.717, 1.165) is 10.5 Å². The summed E-state index contributed by atoms with van der Waals surface area (Å²) in [5.41, 5.74) is 1.93. The summed E-state index contributed by atoms with van der Waals surface area (Å²) < 4.78 is 13.0. The van der Waals surface area contributed by atoms with Gasteiger partial charge in [0.1, 0.15) is 16.9 Å². The average Bonchev–Trinajstić information content (AvgIpc) is 2.59. The highest BCUT2D eigenvalue weighted by Gasteiger charge is 2.10.